The van der Waals surface area contributed by atoms with E-state index < -0.39 is 0 Å². The van der Waals surface area contributed by atoms with Crippen molar-refractivity contribution >= 4 is 28.4 Å². The maximum atomic E-state index is 13.1. The van der Waals surface area contributed by atoms with Gasteiger partial charge in [-0.15, -0.1) is 0 Å². The van der Waals surface area contributed by atoms with Gasteiger partial charge in [-0.05, 0) is 30.3 Å². The summed E-state index contributed by atoms with van der Waals surface area (Å²) < 4.78 is 18.6. The molecule has 0 fully saturated rings. The van der Waals surface area contributed by atoms with Gasteiger partial charge in [0, 0.05) is 22.3 Å². The van der Waals surface area contributed by atoms with Crippen molar-refractivity contribution in [3.63, 3.8) is 0 Å². The van der Waals surface area contributed by atoms with Crippen LogP contribution in [0.3, 0.4) is 0 Å². The minimum Gasteiger partial charge on any atom is -0.436 e. The Morgan fingerprint density at radius 2 is 2.00 bits per heavy atom. The van der Waals surface area contributed by atoms with Crippen LogP contribution in [-0.4, -0.2) is 4.98 Å². The van der Waals surface area contributed by atoms with E-state index in [2.05, 4.69) is 4.98 Å². The SMILES string of the molecule is Nc1cc(Cl)cc(-c2nc3cc(F)ccc3o2)c1. The van der Waals surface area contributed by atoms with E-state index in [1.165, 1.54) is 18.2 Å². The standard InChI is InChI=1S/C13H8ClFN2O/c14-8-3-7(4-10(16)5-8)13-17-11-6-9(15)1-2-12(11)18-13/h1-6H,16H2. The van der Waals surface area contributed by atoms with Gasteiger partial charge in [-0.2, -0.15) is 0 Å². The monoisotopic (exact) mass is 262 g/mol. The fraction of sp³-hybridized carbons (Fsp3) is 0. The quantitative estimate of drug-likeness (QED) is 0.677. The van der Waals surface area contributed by atoms with Crippen LogP contribution in [0.5, 0.6) is 0 Å². The van der Waals surface area contributed by atoms with Crippen molar-refractivity contribution in [2.45, 2.75) is 0 Å². The molecular weight excluding hydrogens is 255 g/mol. The van der Waals surface area contributed by atoms with Crippen LogP contribution in [0.25, 0.3) is 22.6 Å². The number of halogens is 2. The third kappa shape index (κ3) is 1.91. The average Bonchev–Trinajstić information content (AvgIpc) is 2.70. The summed E-state index contributed by atoms with van der Waals surface area (Å²) in [4.78, 5) is 4.21. The summed E-state index contributed by atoms with van der Waals surface area (Å²) in [5.41, 5.74) is 7.86. The Bertz CT molecular complexity index is 719. The number of nitrogens with zero attached hydrogens (tertiary/aromatic N) is 1. The highest BCUT2D eigenvalue weighted by Crippen LogP contribution is 2.28. The minimum absolute atomic E-state index is 0.354. The fourth-order valence-corrected chi connectivity index (χ4v) is 2.00. The Balaban J connectivity index is 2.19. The molecule has 0 bridgehead atoms. The molecule has 3 aromatic rings. The second-order valence-electron chi connectivity index (χ2n) is 3.90. The second-order valence-corrected chi connectivity index (χ2v) is 4.34. The molecule has 2 N–H and O–H groups in total. The zero-order chi connectivity index (χ0) is 12.7. The van der Waals surface area contributed by atoms with Gasteiger partial charge in [-0.3, -0.25) is 0 Å². The molecule has 3 nitrogen and oxygen atoms in total. The number of aromatic nitrogens is 1. The van der Waals surface area contributed by atoms with E-state index in [0.717, 1.165) is 0 Å². The fourth-order valence-electron chi connectivity index (χ4n) is 1.76. The first-order valence-corrected chi connectivity index (χ1v) is 5.62. The van der Waals surface area contributed by atoms with Gasteiger partial charge in [-0.25, -0.2) is 9.37 Å². The van der Waals surface area contributed by atoms with Gasteiger partial charge in [0.15, 0.2) is 5.58 Å². The molecule has 0 spiro atoms. The number of hydrogen-bond donors (Lipinski definition) is 1. The van der Waals surface area contributed by atoms with Crippen molar-refractivity contribution in [1.82, 2.24) is 4.98 Å². The second kappa shape index (κ2) is 3.99. The van der Waals surface area contributed by atoms with Crippen LogP contribution in [0, 0.1) is 5.82 Å². The molecule has 5 heteroatoms. The summed E-state index contributed by atoms with van der Waals surface area (Å²) in [7, 11) is 0. The summed E-state index contributed by atoms with van der Waals surface area (Å²) in [6, 6.07) is 9.20. The smallest absolute Gasteiger partial charge is 0.227 e. The lowest BCUT2D eigenvalue weighted by molar-refractivity contribution is 0.614. The molecular formula is C13H8ClFN2O. The zero-order valence-corrected chi connectivity index (χ0v) is 9.91. The first-order valence-electron chi connectivity index (χ1n) is 5.24. The molecule has 1 heterocycles. The van der Waals surface area contributed by atoms with Gasteiger partial charge < -0.3 is 10.2 Å². The lowest BCUT2D eigenvalue weighted by atomic mass is 10.2. The predicted molar refractivity (Wildman–Crippen MR) is 68.8 cm³/mol. The Labute approximate surface area is 107 Å². The molecule has 0 amide bonds. The maximum Gasteiger partial charge on any atom is 0.227 e. The molecule has 0 saturated carbocycles. The summed E-state index contributed by atoms with van der Waals surface area (Å²) >= 11 is 5.91. The van der Waals surface area contributed by atoms with Gasteiger partial charge in [0.25, 0.3) is 0 Å². The molecule has 1 aromatic heterocycles. The Kier molecular flexibility index (Phi) is 2.45. The third-order valence-corrected chi connectivity index (χ3v) is 2.73. The van der Waals surface area contributed by atoms with E-state index in [1.54, 1.807) is 18.2 Å². The van der Waals surface area contributed by atoms with Crippen LogP contribution >= 0.6 is 11.6 Å². The zero-order valence-electron chi connectivity index (χ0n) is 9.15. The lowest BCUT2D eigenvalue weighted by Crippen LogP contribution is -1.86. The van der Waals surface area contributed by atoms with Gasteiger partial charge in [-0.1, -0.05) is 11.6 Å². The van der Waals surface area contributed by atoms with Crippen molar-refractivity contribution in [3.05, 3.63) is 47.2 Å². The Hall–Kier alpha value is -2.07. The topological polar surface area (TPSA) is 52.0 Å². The summed E-state index contributed by atoms with van der Waals surface area (Å²) in [5, 5.41) is 0.499. The largest absolute Gasteiger partial charge is 0.436 e. The highest BCUT2D eigenvalue weighted by Gasteiger charge is 2.10. The van der Waals surface area contributed by atoms with E-state index in [4.69, 9.17) is 21.8 Å². The maximum absolute atomic E-state index is 13.1. The van der Waals surface area contributed by atoms with Crippen LogP contribution in [0.4, 0.5) is 10.1 Å². The van der Waals surface area contributed by atoms with Crippen molar-refractivity contribution in [3.8, 4) is 11.5 Å². The molecule has 3 rings (SSSR count). The molecule has 0 aliphatic rings. The number of nitrogens with two attached hydrogens (primary N) is 1. The van der Waals surface area contributed by atoms with Crippen LogP contribution < -0.4 is 5.73 Å². The first kappa shape index (κ1) is 11.0. The number of nitrogen functional groups attached to an aromatic ring is 1. The van der Waals surface area contributed by atoms with Crippen molar-refractivity contribution in [2.24, 2.45) is 0 Å². The summed E-state index contributed by atoms with van der Waals surface area (Å²) in [6.07, 6.45) is 0. The van der Waals surface area contributed by atoms with Crippen molar-refractivity contribution in [2.75, 3.05) is 5.73 Å². The molecule has 18 heavy (non-hydrogen) atoms. The van der Waals surface area contributed by atoms with Gasteiger partial charge in [0.05, 0.1) is 0 Å². The van der Waals surface area contributed by atoms with Gasteiger partial charge in [0.1, 0.15) is 11.3 Å². The van der Waals surface area contributed by atoms with Crippen molar-refractivity contribution < 1.29 is 8.81 Å². The number of rotatable bonds is 1. The Morgan fingerprint density at radius 1 is 1.17 bits per heavy atom. The molecule has 0 aliphatic carbocycles. The molecule has 0 saturated heterocycles. The first-order chi connectivity index (χ1) is 8.61. The summed E-state index contributed by atoms with van der Waals surface area (Å²) in [6.45, 7) is 0. The van der Waals surface area contributed by atoms with Gasteiger partial charge in [0.2, 0.25) is 5.89 Å². The number of fused-ring (bicyclic) bond motifs is 1. The van der Waals surface area contributed by atoms with Crippen LogP contribution in [0.1, 0.15) is 0 Å². The molecule has 0 unspecified atom stereocenters. The molecule has 0 aliphatic heterocycles. The average molecular weight is 263 g/mol. The number of hydrogen-bond acceptors (Lipinski definition) is 3. The molecule has 0 atom stereocenters. The van der Waals surface area contributed by atoms with E-state index in [1.807, 2.05) is 0 Å². The van der Waals surface area contributed by atoms with Crippen LogP contribution in [0.15, 0.2) is 40.8 Å². The number of anilines is 1. The lowest BCUT2D eigenvalue weighted by Gasteiger charge is -1.98. The third-order valence-electron chi connectivity index (χ3n) is 2.52. The molecule has 0 radical (unpaired) electrons. The Morgan fingerprint density at radius 3 is 2.78 bits per heavy atom. The van der Waals surface area contributed by atoms with E-state index in [0.29, 0.717) is 33.3 Å². The van der Waals surface area contributed by atoms with Crippen LogP contribution in [0.2, 0.25) is 5.02 Å². The highest BCUT2D eigenvalue weighted by atomic mass is 35.5. The van der Waals surface area contributed by atoms with Crippen molar-refractivity contribution in [1.29, 1.82) is 0 Å². The van der Waals surface area contributed by atoms with Crippen LogP contribution in [-0.2, 0) is 0 Å². The normalized spacial score (nSPS) is 11.0. The predicted octanol–water partition coefficient (Wildman–Crippen LogP) is 3.87. The number of oxazole rings is 1. The van der Waals surface area contributed by atoms with E-state index >= 15 is 0 Å². The van der Waals surface area contributed by atoms with Gasteiger partial charge >= 0.3 is 0 Å². The highest BCUT2D eigenvalue weighted by molar-refractivity contribution is 6.31. The minimum atomic E-state index is -0.354. The summed E-state index contributed by atoms with van der Waals surface area (Å²) in [5.74, 6) is 0.0118. The molecule has 2 aromatic carbocycles. The van der Waals surface area contributed by atoms with E-state index in [-0.39, 0.29) is 5.82 Å². The molecule has 90 valence electrons. The van der Waals surface area contributed by atoms with E-state index in [9.17, 15) is 4.39 Å². The number of benzene rings is 2.